The van der Waals surface area contributed by atoms with E-state index in [0.29, 0.717) is 25.9 Å². The summed E-state index contributed by atoms with van der Waals surface area (Å²) >= 11 is 0. The number of hydrogen-bond donors (Lipinski definition) is 2. The molecule has 2 amide bonds. The minimum atomic E-state index is -4.53. The van der Waals surface area contributed by atoms with E-state index in [4.69, 9.17) is 0 Å². The number of halogens is 3. The zero-order valence-corrected chi connectivity index (χ0v) is 24.9. The average Bonchev–Trinajstić information content (AvgIpc) is 3.20. The van der Waals surface area contributed by atoms with E-state index in [0.717, 1.165) is 55.7 Å². The fourth-order valence-electron chi connectivity index (χ4n) is 6.27. The molecule has 0 bridgehead atoms. The van der Waals surface area contributed by atoms with Crippen molar-refractivity contribution in [2.24, 2.45) is 0 Å². The van der Waals surface area contributed by atoms with Crippen molar-refractivity contribution in [3.05, 3.63) is 107 Å². The number of likely N-dealkylation sites (tertiary alicyclic amines) is 1. The second-order valence-electron chi connectivity index (χ2n) is 11.8. The Morgan fingerprint density at radius 1 is 0.886 bits per heavy atom. The van der Waals surface area contributed by atoms with Gasteiger partial charge < -0.3 is 20.4 Å². The quantitative estimate of drug-likeness (QED) is 0.311. The third-order valence-corrected chi connectivity index (χ3v) is 8.74. The second kappa shape index (κ2) is 14.9. The van der Waals surface area contributed by atoms with E-state index in [9.17, 15) is 22.8 Å². The number of carbonyl (C=O) groups excluding carboxylic acids is 2. The maximum atomic E-state index is 14.1. The lowest BCUT2D eigenvalue weighted by Crippen LogP contribution is -2.50. The molecule has 3 aromatic rings. The van der Waals surface area contributed by atoms with Gasteiger partial charge >= 0.3 is 6.18 Å². The van der Waals surface area contributed by atoms with Crippen molar-refractivity contribution in [3.63, 3.8) is 0 Å². The Morgan fingerprint density at radius 2 is 1.55 bits per heavy atom. The molecular formula is C35H41F3N4O2. The third-order valence-electron chi connectivity index (χ3n) is 8.74. The molecule has 3 aromatic carbocycles. The van der Waals surface area contributed by atoms with E-state index in [1.807, 2.05) is 41.3 Å². The van der Waals surface area contributed by atoms with Gasteiger partial charge in [-0.05, 0) is 68.1 Å². The number of piperidine rings is 1. The van der Waals surface area contributed by atoms with Gasteiger partial charge in [0.2, 0.25) is 5.91 Å². The molecular weight excluding hydrogens is 565 g/mol. The van der Waals surface area contributed by atoms with Crippen LogP contribution in [0.1, 0.15) is 65.1 Å². The lowest BCUT2D eigenvalue weighted by Gasteiger charge is -2.31. The highest BCUT2D eigenvalue weighted by molar-refractivity contribution is 5.94. The summed E-state index contributed by atoms with van der Waals surface area (Å²) in [5.74, 6) is -0.518. The van der Waals surface area contributed by atoms with Crippen LogP contribution in [-0.4, -0.2) is 73.0 Å². The highest BCUT2D eigenvalue weighted by atomic mass is 19.4. The summed E-state index contributed by atoms with van der Waals surface area (Å²) in [4.78, 5) is 31.3. The van der Waals surface area contributed by atoms with Crippen LogP contribution in [0.3, 0.4) is 0 Å². The van der Waals surface area contributed by atoms with Crippen molar-refractivity contribution in [3.8, 4) is 0 Å². The first kappa shape index (κ1) is 31.7. The van der Waals surface area contributed by atoms with Crippen molar-refractivity contribution in [1.82, 2.24) is 20.4 Å². The SMILES string of the molecule is O=C(NC[C@@H]1CCN(CC(c2ccccc2)c2ccccc2)C(=O)[C@H](CCN2CCCCC2)N1)c1cccc(C(F)(F)F)c1. The highest BCUT2D eigenvalue weighted by Gasteiger charge is 2.34. The molecule has 0 spiro atoms. The molecule has 2 aliphatic heterocycles. The fourth-order valence-corrected chi connectivity index (χ4v) is 6.27. The maximum absolute atomic E-state index is 14.1. The number of rotatable bonds is 10. The lowest BCUT2D eigenvalue weighted by molar-refractivity contribution is -0.137. The Hall–Kier alpha value is -3.69. The first-order chi connectivity index (χ1) is 21.3. The minimum absolute atomic E-state index is 0.00116. The van der Waals surface area contributed by atoms with Crippen molar-refractivity contribution in [1.29, 1.82) is 0 Å². The van der Waals surface area contributed by atoms with Gasteiger partial charge in [0.1, 0.15) is 0 Å². The summed E-state index contributed by atoms with van der Waals surface area (Å²) in [6, 6.07) is 24.2. The molecule has 234 valence electrons. The van der Waals surface area contributed by atoms with E-state index in [1.54, 1.807) is 0 Å². The molecule has 2 fully saturated rings. The van der Waals surface area contributed by atoms with Crippen LogP contribution in [0.5, 0.6) is 0 Å². The van der Waals surface area contributed by atoms with Gasteiger partial charge in [-0.25, -0.2) is 0 Å². The third kappa shape index (κ3) is 8.48. The minimum Gasteiger partial charge on any atom is -0.350 e. The predicted octanol–water partition coefficient (Wildman–Crippen LogP) is 5.70. The van der Waals surface area contributed by atoms with Crippen molar-refractivity contribution in [2.45, 2.75) is 56.3 Å². The van der Waals surface area contributed by atoms with Gasteiger partial charge in [-0.2, -0.15) is 13.2 Å². The largest absolute Gasteiger partial charge is 0.416 e. The van der Waals surface area contributed by atoms with E-state index in [-0.39, 0.29) is 30.0 Å². The molecule has 0 saturated carbocycles. The smallest absolute Gasteiger partial charge is 0.350 e. The normalized spacial score (nSPS) is 20.0. The number of benzene rings is 3. The number of alkyl halides is 3. The molecule has 2 atom stereocenters. The van der Waals surface area contributed by atoms with Crippen LogP contribution in [-0.2, 0) is 11.0 Å². The van der Waals surface area contributed by atoms with Gasteiger partial charge in [0.25, 0.3) is 5.91 Å². The van der Waals surface area contributed by atoms with E-state index in [1.165, 1.54) is 18.6 Å². The summed E-state index contributed by atoms with van der Waals surface area (Å²) in [5.41, 5.74) is 1.38. The first-order valence-corrected chi connectivity index (χ1v) is 15.6. The van der Waals surface area contributed by atoms with Gasteiger partial charge in [-0.3, -0.25) is 9.59 Å². The molecule has 5 rings (SSSR count). The van der Waals surface area contributed by atoms with Crippen LogP contribution >= 0.6 is 0 Å². The highest BCUT2D eigenvalue weighted by Crippen LogP contribution is 2.30. The molecule has 0 aliphatic carbocycles. The molecule has 2 N–H and O–H groups in total. The number of amides is 2. The Labute approximate surface area is 257 Å². The van der Waals surface area contributed by atoms with Crippen LogP contribution in [0, 0.1) is 0 Å². The van der Waals surface area contributed by atoms with Crippen LogP contribution in [0.15, 0.2) is 84.9 Å². The van der Waals surface area contributed by atoms with Gasteiger partial charge in [0.15, 0.2) is 0 Å². The lowest BCUT2D eigenvalue weighted by atomic mass is 9.90. The molecule has 0 aromatic heterocycles. The van der Waals surface area contributed by atoms with Crippen molar-refractivity contribution in [2.75, 3.05) is 39.3 Å². The topological polar surface area (TPSA) is 64.7 Å². The van der Waals surface area contributed by atoms with Gasteiger partial charge in [0, 0.05) is 43.7 Å². The van der Waals surface area contributed by atoms with Crippen molar-refractivity contribution < 1.29 is 22.8 Å². The molecule has 2 heterocycles. The van der Waals surface area contributed by atoms with E-state index >= 15 is 0 Å². The predicted molar refractivity (Wildman–Crippen MR) is 165 cm³/mol. The summed E-state index contributed by atoms with van der Waals surface area (Å²) < 4.78 is 39.6. The molecule has 9 heteroatoms. The number of carbonyl (C=O) groups is 2. The van der Waals surface area contributed by atoms with Gasteiger partial charge in [-0.15, -0.1) is 0 Å². The van der Waals surface area contributed by atoms with Crippen LogP contribution in [0.4, 0.5) is 13.2 Å². The average molecular weight is 607 g/mol. The molecule has 2 aliphatic rings. The fraction of sp³-hybridized carbons (Fsp3) is 0.429. The van der Waals surface area contributed by atoms with Gasteiger partial charge in [0.05, 0.1) is 11.6 Å². The van der Waals surface area contributed by atoms with E-state index in [2.05, 4.69) is 39.8 Å². The van der Waals surface area contributed by atoms with Crippen LogP contribution in [0.25, 0.3) is 0 Å². The molecule has 0 unspecified atom stereocenters. The van der Waals surface area contributed by atoms with E-state index < -0.39 is 23.7 Å². The molecule has 44 heavy (non-hydrogen) atoms. The molecule has 0 radical (unpaired) electrons. The summed E-state index contributed by atoms with van der Waals surface area (Å²) in [6.07, 6.45) is 0.289. The number of hydrogen-bond acceptors (Lipinski definition) is 4. The summed E-state index contributed by atoms with van der Waals surface area (Å²) in [5, 5.41) is 6.33. The second-order valence-corrected chi connectivity index (χ2v) is 11.8. The Morgan fingerprint density at radius 3 is 2.18 bits per heavy atom. The number of nitrogens with one attached hydrogen (secondary N) is 2. The monoisotopic (exact) mass is 606 g/mol. The van der Waals surface area contributed by atoms with Gasteiger partial charge in [-0.1, -0.05) is 73.2 Å². The first-order valence-electron chi connectivity index (χ1n) is 15.6. The standard InChI is InChI=1S/C35H41F3N4O2/c36-35(37,38)29-16-10-15-28(23-29)33(43)39-24-30-17-22-42(34(44)32(40-30)18-21-41-19-8-3-9-20-41)25-31(26-11-4-1-5-12-26)27-13-6-2-7-14-27/h1-2,4-7,10-16,23,30-32,40H,3,8-9,17-22,24-25H2,(H,39,43)/t30-,32-/m0/s1. The van der Waals surface area contributed by atoms with Crippen LogP contribution in [0.2, 0.25) is 0 Å². The summed E-state index contributed by atoms with van der Waals surface area (Å²) in [7, 11) is 0. The Kier molecular flexibility index (Phi) is 10.7. The Balaban J connectivity index is 1.31. The van der Waals surface area contributed by atoms with Crippen LogP contribution < -0.4 is 10.6 Å². The number of nitrogens with zero attached hydrogens (tertiary/aromatic N) is 2. The Bertz CT molecular complexity index is 1320. The molecule has 2 saturated heterocycles. The zero-order chi connectivity index (χ0) is 30.9. The molecule has 6 nitrogen and oxygen atoms in total. The van der Waals surface area contributed by atoms with Crippen molar-refractivity contribution >= 4 is 11.8 Å². The maximum Gasteiger partial charge on any atom is 0.416 e. The summed E-state index contributed by atoms with van der Waals surface area (Å²) in [6.45, 7) is 4.11. The zero-order valence-electron chi connectivity index (χ0n) is 24.9.